The van der Waals surface area contributed by atoms with E-state index < -0.39 is 12.0 Å². The second-order valence-corrected chi connectivity index (χ2v) is 5.08. The molecule has 1 aliphatic heterocycles. The maximum Gasteiger partial charge on any atom is 0.451 e. The average molecular weight is 284 g/mol. The van der Waals surface area contributed by atoms with Gasteiger partial charge in [0.1, 0.15) is 11.0 Å². The topological polar surface area (TPSA) is 29.0 Å². The van der Waals surface area contributed by atoms with Crippen LogP contribution in [0, 0.1) is 0 Å². The smallest absolute Gasteiger partial charge is 0.355 e. The number of rotatable bonds is 1. The average Bonchev–Trinajstić information content (AvgIpc) is 2.28. The molecule has 1 aliphatic rings. The Hall–Kier alpha value is -0.690. The van der Waals surface area contributed by atoms with E-state index in [9.17, 15) is 13.2 Å². The van der Waals surface area contributed by atoms with Crippen molar-refractivity contribution in [3.63, 3.8) is 0 Å². The summed E-state index contributed by atoms with van der Waals surface area (Å²) in [5.74, 6) is 0.822. The van der Waals surface area contributed by atoms with Gasteiger partial charge in [-0.25, -0.2) is 9.97 Å². The number of halogens is 4. The van der Waals surface area contributed by atoms with E-state index in [1.807, 2.05) is 0 Å². The third-order valence-corrected chi connectivity index (χ3v) is 3.41. The van der Waals surface area contributed by atoms with Crippen LogP contribution < -0.4 is 4.90 Å². The third-order valence-electron chi connectivity index (χ3n) is 2.27. The van der Waals surface area contributed by atoms with Crippen LogP contribution in [-0.4, -0.2) is 34.6 Å². The Labute approximate surface area is 105 Å². The Morgan fingerprint density at radius 2 is 1.88 bits per heavy atom. The van der Waals surface area contributed by atoms with Gasteiger partial charge in [-0.2, -0.15) is 24.9 Å². The summed E-state index contributed by atoms with van der Waals surface area (Å²) in [4.78, 5) is 8.51. The fraction of sp³-hybridized carbons (Fsp3) is 0.556. The van der Waals surface area contributed by atoms with Crippen LogP contribution in [0.1, 0.15) is 5.82 Å². The summed E-state index contributed by atoms with van der Waals surface area (Å²) >= 11 is 7.36. The van der Waals surface area contributed by atoms with E-state index >= 15 is 0 Å². The molecule has 0 N–H and O–H groups in total. The minimum atomic E-state index is -4.57. The molecule has 0 unspecified atom stereocenters. The molecule has 0 bridgehead atoms. The summed E-state index contributed by atoms with van der Waals surface area (Å²) in [6.07, 6.45) is -4.57. The largest absolute Gasteiger partial charge is 0.451 e. The Bertz CT molecular complexity index is 407. The standard InChI is InChI=1S/C9H9ClF3N3S/c10-6-5-7(16-1-3-17-4-2-16)15-8(14-6)9(11,12)13/h5H,1-4H2. The SMILES string of the molecule is FC(F)(F)c1nc(Cl)cc(N2CCSCC2)n1. The molecule has 1 saturated heterocycles. The number of hydrogen-bond donors (Lipinski definition) is 0. The van der Waals surface area contributed by atoms with Gasteiger partial charge in [0.05, 0.1) is 0 Å². The van der Waals surface area contributed by atoms with Crippen molar-refractivity contribution in [1.29, 1.82) is 0 Å². The van der Waals surface area contributed by atoms with Crippen molar-refractivity contribution in [3.05, 3.63) is 17.0 Å². The van der Waals surface area contributed by atoms with E-state index in [1.165, 1.54) is 6.07 Å². The molecule has 0 radical (unpaired) electrons. The van der Waals surface area contributed by atoms with Crippen LogP contribution in [0.25, 0.3) is 0 Å². The molecule has 17 heavy (non-hydrogen) atoms. The molecule has 1 aromatic rings. The van der Waals surface area contributed by atoms with E-state index in [2.05, 4.69) is 9.97 Å². The van der Waals surface area contributed by atoms with Crippen molar-refractivity contribution >= 4 is 29.2 Å². The Morgan fingerprint density at radius 1 is 1.24 bits per heavy atom. The first-order valence-electron chi connectivity index (χ1n) is 4.91. The highest BCUT2D eigenvalue weighted by atomic mass is 35.5. The fourth-order valence-electron chi connectivity index (χ4n) is 1.49. The Morgan fingerprint density at radius 3 is 2.47 bits per heavy atom. The zero-order chi connectivity index (χ0) is 12.5. The highest BCUT2D eigenvalue weighted by Gasteiger charge is 2.35. The van der Waals surface area contributed by atoms with Gasteiger partial charge in [-0.3, -0.25) is 0 Å². The van der Waals surface area contributed by atoms with E-state index in [-0.39, 0.29) is 11.0 Å². The molecule has 0 atom stereocenters. The number of anilines is 1. The summed E-state index contributed by atoms with van der Waals surface area (Å²) in [6, 6.07) is 1.37. The highest BCUT2D eigenvalue weighted by molar-refractivity contribution is 7.99. The van der Waals surface area contributed by atoms with E-state index in [0.29, 0.717) is 13.1 Å². The maximum absolute atomic E-state index is 12.5. The fourth-order valence-corrected chi connectivity index (χ4v) is 2.57. The number of thioether (sulfide) groups is 1. The first-order chi connectivity index (χ1) is 7.97. The molecule has 0 spiro atoms. The summed E-state index contributed by atoms with van der Waals surface area (Å²) in [6.45, 7) is 1.35. The van der Waals surface area contributed by atoms with Crippen LogP contribution in [0.5, 0.6) is 0 Å². The minimum Gasteiger partial charge on any atom is -0.355 e. The summed E-state index contributed by atoms with van der Waals surface area (Å²) in [7, 11) is 0. The molecule has 3 nitrogen and oxygen atoms in total. The van der Waals surface area contributed by atoms with Crippen molar-refractivity contribution in [2.24, 2.45) is 0 Å². The number of alkyl halides is 3. The monoisotopic (exact) mass is 283 g/mol. The molecule has 94 valence electrons. The lowest BCUT2D eigenvalue weighted by Crippen LogP contribution is -2.33. The maximum atomic E-state index is 12.5. The highest BCUT2D eigenvalue weighted by Crippen LogP contribution is 2.29. The van der Waals surface area contributed by atoms with Gasteiger partial charge in [0.25, 0.3) is 0 Å². The van der Waals surface area contributed by atoms with E-state index in [1.54, 1.807) is 16.7 Å². The van der Waals surface area contributed by atoms with Gasteiger partial charge >= 0.3 is 6.18 Å². The minimum absolute atomic E-state index is 0.180. The normalized spacial score (nSPS) is 17.3. The molecule has 0 amide bonds. The molecule has 1 fully saturated rings. The molecule has 0 aromatic carbocycles. The summed E-state index contributed by atoms with van der Waals surface area (Å²) < 4.78 is 37.5. The zero-order valence-corrected chi connectivity index (χ0v) is 10.2. The first-order valence-corrected chi connectivity index (χ1v) is 6.44. The molecule has 0 aliphatic carbocycles. The molecule has 2 heterocycles. The molecule has 0 saturated carbocycles. The van der Waals surface area contributed by atoms with E-state index in [4.69, 9.17) is 11.6 Å². The predicted octanol–water partition coefficient (Wildman–Crippen LogP) is 2.70. The second kappa shape index (κ2) is 4.89. The second-order valence-electron chi connectivity index (χ2n) is 3.47. The molecule has 1 aromatic heterocycles. The van der Waals surface area contributed by atoms with Gasteiger partial charge in [-0.1, -0.05) is 11.6 Å². The zero-order valence-electron chi connectivity index (χ0n) is 8.67. The molecule has 8 heteroatoms. The lowest BCUT2D eigenvalue weighted by Gasteiger charge is -2.27. The van der Waals surface area contributed by atoms with Crippen LogP contribution in [0.15, 0.2) is 6.07 Å². The van der Waals surface area contributed by atoms with Gasteiger partial charge in [0.15, 0.2) is 0 Å². The van der Waals surface area contributed by atoms with Gasteiger partial charge in [0, 0.05) is 30.7 Å². The third kappa shape index (κ3) is 3.16. The van der Waals surface area contributed by atoms with Crippen LogP contribution in [0.2, 0.25) is 5.15 Å². The van der Waals surface area contributed by atoms with Crippen LogP contribution in [0.4, 0.5) is 19.0 Å². The number of nitrogens with zero attached hydrogens (tertiary/aromatic N) is 3. The van der Waals surface area contributed by atoms with Crippen LogP contribution in [-0.2, 0) is 6.18 Å². The van der Waals surface area contributed by atoms with Gasteiger partial charge in [-0.05, 0) is 0 Å². The quantitative estimate of drug-likeness (QED) is 0.741. The van der Waals surface area contributed by atoms with Crippen molar-refractivity contribution < 1.29 is 13.2 Å². The number of hydrogen-bond acceptors (Lipinski definition) is 4. The lowest BCUT2D eigenvalue weighted by molar-refractivity contribution is -0.144. The molecular weight excluding hydrogens is 275 g/mol. The molecular formula is C9H9ClF3N3S. The first kappa shape index (κ1) is 12.8. The van der Waals surface area contributed by atoms with Crippen molar-refractivity contribution in [2.75, 3.05) is 29.5 Å². The van der Waals surface area contributed by atoms with E-state index in [0.717, 1.165) is 11.5 Å². The summed E-state index contributed by atoms with van der Waals surface area (Å²) in [5, 5.41) is -0.180. The molecule has 2 rings (SSSR count). The van der Waals surface area contributed by atoms with Crippen molar-refractivity contribution in [2.45, 2.75) is 6.18 Å². The predicted molar refractivity (Wildman–Crippen MR) is 61.6 cm³/mol. The van der Waals surface area contributed by atoms with Gasteiger partial charge < -0.3 is 4.90 Å². The lowest BCUT2D eigenvalue weighted by atomic mass is 10.4. The van der Waals surface area contributed by atoms with Crippen molar-refractivity contribution in [3.8, 4) is 0 Å². The van der Waals surface area contributed by atoms with Gasteiger partial charge in [0.2, 0.25) is 5.82 Å². The Kier molecular flexibility index (Phi) is 3.67. The number of aromatic nitrogens is 2. The summed E-state index contributed by atoms with van der Waals surface area (Å²) in [5.41, 5.74) is 0. The van der Waals surface area contributed by atoms with Crippen LogP contribution >= 0.6 is 23.4 Å². The van der Waals surface area contributed by atoms with Crippen molar-refractivity contribution in [1.82, 2.24) is 9.97 Å². The van der Waals surface area contributed by atoms with Crippen LogP contribution in [0.3, 0.4) is 0 Å². The Balaban J connectivity index is 2.31. The van der Waals surface area contributed by atoms with Gasteiger partial charge in [-0.15, -0.1) is 0 Å².